The molecule has 1 unspecified atom stereocenters. The van der Waals surface area contributed by atoms with Crippen molar-refractivity contribution in [3.05, 3.63) is 65.6 Å². The van der Waals surface area contributed by atoms with Gasteiger partial charge in [0.2, 0.25) is 0 Å². The number of ether oxygens (including phenoxy) is 1. The van der Waals surface area contributed by atoms with E-state index < -0.39 is 48.2 Å². The summed E-state index contributed by atoms with van der Waals surface area (Å²) < 4.78 is 85.7. The highest BCUT2D eigenvalue weighted by molar-refractivity contribution is 5.80. The molecule has 0 fully saturated rings. The predicted molar refractivity (Wildman–Crippen MR) is 104 cm³/mol. The van der Waals surface area contributed by atoms with E-state index in [1.165, 1.54) is 19.9 Å². The number of fused-ring (bicyclic) bond motifs is 1. The fraction of sp³-hybridized carbons (Fsp3) is 0.364. The van der Waals surface area contributed by atoms with E-state index in [1.807, 2.05) is 0 Å². The van der Waals surface area contributed by atoms with Crippen molar-refractivity contribution in [3.63, 3.8) is 0 Å². The van der Waals surface area contributed by atoms with Crippen molar-refractivity contribution in [2.24, 2.45) is 0 Å². The Morgan fingerprint density at radius 1 is 1.03 bits per heavy atom. The van der Waals surface area contributed by atoms with Crippen molar-refractivity contribution in [1.29, 1.82) is 0 Å². The number of aromatic nitrogens is 1. The number of aromatic amines is 1. The van der Waals surface area contributed by atoms with E-state index in [-0.39, 0.29) is 11.3 Å². The van der Waals surface area contributed by atoms with Crippen LogP contribution >= 0.6 is 0 Å². The minimum Gasteiger partial charge on any atom is -0.435 e. The third-order valence-electron chi connectivity index (χ3n) is 5.22. The smallest absolute Gasteiger partial charge is 0.417 e. The van der Waals surface area contributed by atoms with Crippen LogP contribution < -0.4 is 4.74 Å². The Labute approximate surface area is 174 Å². The molecule has 0 aliphatic rings. The Morgan fingerprint density at radius 2 is 1.71 bits per heavy atom. The van der Waals surface area contributed by atoms with Crippen molar-refractivity contribution in [3.8, 4) is 5.75 Å². The van der Waals surface area contributed by atoms with Gasteiger partial charge in [-0.1, -0.05) is 32.0 Å². The molecule has 1 heterocycles. The molecule has 0 amide bonds. The first-order chi connectivity index (χ1) is 14.3. The summed E-state index contributed by atoms with van der Waals surface area (Å²) in [4.78, 5) is 2.85. The number of nitrogens with one attached hydrogen (secondary N) is 1. The zero-order valence-electron chi connectivity index (χ0n) is 16.7. The largest absolute Gasteiger partial charge is 0.435 e. The monoisotopic (exact) mass is 445 g/mol. The van der Waals surface area contributed by atoms with Gasteiger partial charge in [-0.05, 0) is 47.6 Å². The molecular weight excluding hydrogens is 424 g/mol. The number of alkyl halides is 5. The van der Waals surface area contributed by atoms with Gasteiger partial charge in [0.25, 0.3) is 0 Å². The van der Waals surface area contributed by atoms with Gasteiger partial charge in [-0.15, -0.1) is 0 Å². The van der Waals surface area contributed by atoms with Gasteiger partial charge in [0.05, 0.1) is 0 Å². The summed E-state index contributed by atoms with van der Waals surface area (Å²) in [5.74, 6) is -1.27. The Balaban J connectivity index is 1.99. The second-order valence-electron chi connectivity index (χ2n) is 8.17. The Hall–Kier alpha value is -2.68. The molecule has 3 rings (SSSR count). The Kier molecular flexibility index (Phi) is 6.01. The Bertz CT molecular complexity index is 1030. The lowest BCUT2D eigenvalue weighted by Gasteiger charge is -2.38. The molecule has 2 aromatic carbocycles. The van der Waals surface area contributed by atoms with Gasteiger partial charge in [0.1, 0.15) is 11.6 Å². The Morgan fingerprint density at radius 3 is 2.32 bits per heavy atom. The van der Waals surface area contributed by atoms with E-state index in [1.54, 1.807) is 24.3 Å². The summed E-state index contributed by atoms with van der Waals surface area (Å²) >= 11 is 0. The van der Waals surface area contributed by atoms with Crippen LogP contribution in [0, 0.1) is 5.82 Å². The lowest BCUT2D eigenvalue weighted by Crippen LogP contribution is -2.51. The quantitative estimate of drug-likeness (QED) is 0.431. The van der Waals surface area contributed by atoms with Crippen molar-refractivity contribution >= 4 is 10.9 Å². The third kappa shape index (κ3) is 4.98. The number of para-hydroxylation sites is 1. The topological polar surface area (TPSA) is 45.2 Å². The molecule has 168 valence electrons. The van der Waals surface area contributed by atoms with Crippen LogP contribution in [-0.2, 0) is 11.8 Å². The fourth-order valence-electron chi connectivity index (χ4n) is 3.86. The molecule has 0 radical (unpaired) electrons. The molecule has 1 atom stereocenters. The van der Waals surface area contributed by atoms with Crippen LogP contribution in [0.4, 0.5) is 26.3 Å². The van der Waals surface area contributed by atoms with Gasteiger partial charge < -0.3 is 14.8 Å². The van der Waals surface area contributed by atoms with Crippen LogP contribution in [0.15, 0.2) is 48.5 Å². The first-order valence-electron chi connectivity index (χ1n) is 9.41. The SMILES string of the molecule is CC(C)(CC(O)(Cc1cc2ccccc2[nH]1)C(F)(F)F)c1cc(F)ccc1OC(F)F. The maximum absolute atomic E-state index is 14.0. The summed E-state index contributed by atoms with van der Waals surface area (Å²) in [6.07, 6.45) is -6.75. The molecule has 0 aliphatic carbocycles. The number of halogens is 6. The maximum Gasteiger partial charge on any atom is 0.417 e. The highest BCUT2D eigenvalue weighted by atomic mass is 19.4. The average molecular weight is 445 g/mol. The summed E-state index contributed by atoms with van der Waals surface area (Å²) in [6.45, 7) is -0.628. The number of hydrogen-bond donors (Lipinski definition) is 2. The second kappa shape index (κ2) is 8.11. The molecule has 0 spiro atoms. The summed E-state index contributed by atoms with van der Waals surface area (Å²) in [5.41, 5.74) is -4.22. The van der Waals surface area contributed by atoms with Gasteiger partial charge in [-0.3, -0.25) is 0 Å². The van der Waals surface area contributed by atoms with Crippen molar-refractivity contribution in [2.45, 2.75) is 50.5 Å². The highest BCUT2D eigenvalue weighted by Crippen LogP contribution is 2.45. The summed E-state index contributed by atoms with van der Waals surface area (Å²) in [5, 5.41) is 11.4. The van der Waals surface area contributed by atoms with Crippen molar-refractivity contribution < 1.29 is 36.2 Å². The molecule has 2 N–H and O–H groups in total. The molecule has 1 aromatic heterocycles. The van der Waals surface area contributed by atoms with Crippen LogP contribution in [0.2, 0.25) is 0 Å². The van der Waals surface area contributed by atoms with Crippen LogP contribution in [0.25, 0.3) is 10.9 Å². The first-order valence-corrected chi connectivity index (χ1v) is 9.41. The normalized spacial score (nSPS) is 14.8. The van der Waals surface area contributed by atoms with Crippen molar-refractivity contribution in [2.75, 3.05) is 0 Å². The first kappa shape index (κ1) is 23.0. The number of hydrogen-bond acceptors (Lipinski definition) is 2. The van der Waals surface area contributed by atoms with E-state index in [0.29, 0.717) is 10.9 Å². The van der Waals surface area contributed by atoms with Gasteiger partial charge in [0, 0.05) is 23.2 Å². The van der Waals surface area contributed by atoms with Crippen LogP contribution in [0.5, 0.6) is 5.75 Å². The predicted octanol–water partition coefficient (Wildman–Crippen LogP) is 6.11. The molecule has 0 aliphatic heterocycles. The van der Waals surface area contributed by atoms with Crippen LogP contribution in [0.3, 0.4) is 0 Å². The standard InChI is InChI=1S/C22H21F6NO2/c1-20(2,16-10-14(23)7-8-18(16)31-19(24)25)12-21(30,22(26,27)28)11-15-9-13-5-3-4-6-17(13)29-15/h3-10,19,29-30H,11-12H2,1-2H3. The van der Waals surface area contributed by atoms with Crippen LogP contribution in [0.1, 0.15) is 31.5 Å². The molecular formula is C22H21F6NO2. The lowest BCUT2D eigenvalue weighted by molar-refractivity contribution is -0.266. The van der Waals surface area contributed by atoms with E-state index >= 15 is 0 Å². The van der Waals surface area contributed by atoms with E-state index in [0.717, 1.165) is 18.2 Å². The molecule has 3 nitrogen and oxygen atoms in total. The zero-order valence-corrected chi connectivity index (χ0v) is 16.7. The molecule has 0 bridgehead atoms. The molecule has 9 heteroatoms. The minimum atomic E-state index is -5.04. The van der Waals surface area contributed by atoms with Crippen molar-refractivity contribution in [1.82, 2.24) is 4.98 Å². The average Bonchev–Trinajstić information content (AvgIpc) is 3.03. The number of benzene rings is 2. The number of aliphatic hydroxyl groups is 1. The molecule has 31 heavy (non-hydrogen) atoms. The maximum atomic E-state index is 14.0. The fourth-order valence-corrected chi connectivity index (χ4v) is 3.86. The van der Waals surface area contributed by atoms with Gasteiger partial charge in [0.15, 0.2) is 5.60 Å². The second-order valence-corrected chi connectivity index (χ2v) is 8.17. The summed E-state index contributed by atoms with van der Waals surface area (Å²) in [6, 6.07) is 11.0. The number of rotatable bonds is 7. The molecule has 0 saturated heterocycles. The zero-order chi connectivity index (χ0) is 23.0. The van der Waals surface area contributed by atoms with Gasteiger partial charge in [-0.25, -0.2) is 4.39 Å². The lowest BCUT2D eigenvalue weighted by atomic mass is 9.73. The van der Waals surface area contributed by atoms with Crippen LogP contribution in [-0.4, -0.2) is 28.5 Å². The third-order valence-corrected chi connectivity index (χ3v) is 5.22. The van der Waals surface area contributed by atoms with E-state index in [9.17, 15) is 31.4 Å². The van der Waals surface area contributed by atoms with E-state index in [4.69, 9.17) is 0 Å². The highest BCUT2D eigenvalue weighted by Gasteiger charge is 2.56. The number of H-pyrrole nitrogens is 1. The molecule has 0 saturated carbocycles. The van der Waals surface area contributed by atoms with E-state index in [2.05, 4.69) is 9.72 Å². The summed E-state index contributed by atoms with van der Waals surface area (Å²) in [7, 11) is 0. The van der Waals surface area contributed by atoms with Gasteiger partial charge in [-0.2, -0.15) is 22.0 Å². The molecule has 3 aromatic rings. The minimum absolute atomic E-state index is 0.153. The van der Waals surface area contributed by atoms with Gasteiger partial charge >= 0.3 is 12.8 Å².